The third-order valence-corrected chi connectivity index (χ3v) is 2.01. The molecule has 0 rings (SSSR count). The molecular formula is C10H16N2. The van der Waals surface area contributed by atoms with Gasteiger partial charge in [0.1, 0.15) is 11.8 Å². The first-order valence-corrected chi connectivity index (χ1v) is 4.27. The summed E-state index contributed by atoms with van der Waals surface area (Å²) in [6.07, 6.45) is 2.80. The number of nitriles is 1. The molecule has 0 aliphatic carbocycles. The average molecular weight is 164 g/mol. The number of rotatable bonds is 3. The van der Waals surface area contributed by atoms with Gasteiger partial charge in [0, 0.05) is 5.71 Å². The van der Waals surface area contributed by atoms with Crippen molar-refractivity contribution in [2.45, 2.75) is 34.1 Å². The molecule has 0 aromatic carbocycles. The second-order valence-electron chi connectivity index (χ2n) is 2.85. The molecule has 0 amide bonds. The number of hydrogen-bond acceptors (Lipinski definition) is 2. The maximum Gasteiger partial charge on any atom is 0.136 e. The van der Waals surface area contributed by atoms with Gasteiger partial charge in [-0.3, -0.25) is 0 Å². The van der Waals surface area contributed by atoms with Crippen LogP contribution < -0.4 is 0 Å². The van der Waals surface area contributed by atoms with Crippen LogP contribution in [0.15, 0.2) is 16.8 Å². The van der Waals surface area contributed by atoms with Crippen molar-refractivity contribution in [2.24, 2.45) is 10.9 Å². The summed E-state index contributed by atoms with van der Waals surface area (Å²) in [5.41, 5.74) is 1.54. The van der Waals surface area contributed by atoms with Gasteiger partial charge in [-0.15, -0.1) is 0 Å². The number of aliphatic imine (C=N–C) groups is 1. The van der Waals surface area contributed by atoms with E-state index < -0.39 is 0 Å². The van der Waals surface area contributed by atoms with Gasteiger partial charge in [0.05, 0.1) is 0 Å². The maximum atomic E-state index is 8.60. The van der Waals surface area contributed by atoms with Crippen molar-refractivity contribution in [1.82, 2.24) is 0 Å². The third kappa shape index (κ3) is 3.34. The maximum absolute atomic E-state index is 8.60. The Labute approximate surface area is 74.6 Å². The van der Waals surface area contributed by atoms with Crippen molar-refractivity contribution >= 4 is 5.71 Å². The Morgan fingerprint density at radius 2 is 2.25 bits per heavy atom. The molecule has 0 saturated carbocycles. The van der Waals surface area contributed by atoms with Crippen molar-refractivity contribution in [3.05, 3.63) is 11.8 Å². The van der Waals surface area contributed by atoms with E-state index in [1.54, 1.807) is 6.08 Å². The first-order chi connectivity index (χ1) is 5.65. The molecule has 66 valence electrons. The molecule has 0 heterocycles. The summed E-state index contributed by atoms with van der Waals surface area (Å²) in [5.74, 6) is 0.466. The van der Waals surface area contributed by atoms with Crippen LogP contribution in [0.25, 0.3) is 0 Å². The van der Waals surface area contributed by atoms with E-state index in [-0.39, 0.29) is 0 Å². The first-order valence-electron chi connectivity index (χ1n) is 4.27. The summed E-state index contributed by atoms with van der Waals surface area (Å²) < 4.78 is 0. The van der Waals surface area contributed by atoms with Gasteiger partial charge in [-0.25, -0.2) is 4.99 Å². The Morgan fingerprint density at radius 1 is 1.67 bits per heavy atom. The topological polar surface area (TPSA) is 36.1 Å². The van der Waals surface area contributed by atoms with Crippen LogP contribution in [0.3, 0.4) is 0 Å². The van der Waals surface area contributed by atoms with E-state index in [9.17, 15) is 0 Å². The largest absolute Gasteiger partial charge is 0.247 e. The minimum Gasteiger partial charge on any atom is -0.247 e. The highest BCUT2D eigenvalue weighted by molar-refractivity contribution is 5.85. The van der Waals surface area contributed by atoms with E-state index in [0.717, 1.165) is 12.1 Å². The zero-order chi connectivity index (χ0) is 9.56. The fraction of sp³-hybridized carbons (Fsp3) is 0.600. The fourth-order valence-electron chi connectivity index (χ4n) is 0.750. The monoisotopic (exact) mass is 164 g/mol. The van der Waals surface area contributed by atoms with Gasteiger partial charge in [-0.2, -0.15) is 5.26 Å². The minimum atomic E-state index is 0.466. The van der Waals surface area contributed by atoms with Crippen LogP contribution in [0.1, 0.15) is 34.1 Å². The molecule has 2 nitrogen and oxygen atoms in total. The predicted octanol–water partition coefficient (Wildman–Crippen LogP) is 2.92. The van der Waals surface area contributed by atoms with Crippen LogP contribution in [0.2, 0.25) is 0 Å². The van der Waals surface area contributed by atoms with Crippen molar-refractivity contribution in [3.8, 4) is 6.07 Å². The normalized spacial score (nSPS) is 15.6. The van der Waals surface area contributed by atoms with Crippen LogP contribution in [-0.2, 0) is 0 Å². The van der Waals surface area contributed by atoms with E-state index in [4.69, 9.17) is 5.26 Å². The van der Waals surface area contributed by atoms with E-state index in [1.807, 2.05) is 19.9 Å². The quantitative estimate of drug-likeness (QED) is 0.466. The standard InChI is InChI=1S/C10H16N2/c1-5-8(3)9(4)12-10(6-2)7-11/h6,8H,5H2,1-4H3/b10-6-,12-9?. The third-order valence-electron chi connectivity index (χ3n) is 2.01. The van der Waals surface area contributed by atoms with Gasteiger partial charge < -0.3 is 0 Å². The average Bonchev–Trinajstić information content (AvgIpc) is 2.12. The van der Waals surface area contributed by atoms with E-state index in [2.05, 4.69) is 18.8 Å². The van der Waals surface area contributed by atoms with Crippen molar-refractivity contribution < 1.29 is 0 Å². The Hall–Kier alpha value is -1.10. The lowest BCUT2D eigenvalue weighted by Crippen LogP contribution is -2.05. The molecule has 0 spiro atoms. The first kappa shape index (κ1) is 10.9. The van der Waals surface area contributed by atoms with Crippen LogP contribution in [-0.4, -0.2) is 5.71 Å². The molecule has 12 heavy (non-hydrogen) atoms. The zero-order valence-corrected chi connectivity index (χ0v) is 8.26. The van der Waals surface area contributed by atoms with Gasteiger partial charge in [0.2, 0.25) is 0 Å². The molecule has 0 bridgehead atoms. The van der Waals surface area contributed by atoms with E-state index in [0.29, 0.717) is 11.6 Å². The number of hydrogen-bond donors (Lipinski definition) is 0. The Balaban J connectivity index is 4.46. The molecule has 0 fully saturated rings. The predicted molar refractivity (Wildman–Crippen MR) is 51.9 cm³/mol. The van der Waals surface area contributed by atoms with Crippen LogP contribution in [0.4, 0.5) is 0 Å². The molecule has 0 saturated heterocycles. The summed E-state index contributed by atoms with van der Waals surface area (Å²) in [6, 6.07) is 2.04. The lowest BCUT2D eigenvalue weighted by Gasteiger charge is -2.06. The van der Waals surface area contributed by atoms with Gasteiger partial charge in [0.15, 0.2) is 0 Å². The Morgan fingerprint density at radius 3 is 2.58 bits per heavy atom. The summed E-state index contributed by atoms with van der Waals surface area (Å²) >= 11 is 0. The second-order valence-corrected chi connectivity index (χ2v) is 2.85. The SMILES string of the molecule is C/C=C(/C#N)N=C(C)C(C)CC. The van der Waals surface area contributed by atoms with E-state index >= 15 is 0 Å². The molecule has 0 radical (unpaired) electrons. The van der Waals surface area contributed by atoms with Crippen molar-refractivity contribution in [1.29, 1.82) is 5.26 Å². The Kier molecular flexibility index (Phi) is 5.03. The molecule has 0 aromatic rings. The molecule has 0 N–H and O–H groups in total. The summed E-state index contributed by atoms with van der Waals surface area (Å²) in [7, 11) is 0. The molecule has 1 atom stereocenters. The van der Waals surface area contributed by atoms with Gasteiger partial charge in [0.25, 0.3) is 0 Å². The lowest BCUT2D eigenvalue weighted by molar-refractivity contribution is 0.735. The highest BCUT2D eigenvalue weighted by Crippen LogP contribution is 2.06. The Bertz CT molecular complexity index is 231. The number of nitrogens with zero attached hydrogens (tertiary/aromatic N) is 2. The number of allylic oxidation sites excluding steroid dienone is 2. The van der Waals surface area contributed by atoms with Crippen molar-refractivity contribution in [2.75, 3.05) is 0 Å². The second kappa shape index (κ2) is 5.54. The van der Waals surface area contributed by atoms with Crippen LogP contribution in [0.5, 0.6) is 0 Å². The summed E-state index contributed by atoms with van der Waals surface area (Å²) in [5, 5.41) is 8.60. The zero-order valence-electron chi connectivity index (χ0n) is 8.26. The van der Waals surface area contributed by atoms with Gasteiger partial charge in [-0.1, -0.05) is 19.9 Å². The summed E-state index contributed by atoms with van der Waals surface area (Å²) in [4.78, 5) is 4.20. The molecule has 2 heteroatoms. The van der Waals surface area contributed by atoms with Crippen molar-refractivity contribution in [3.63, 3.8) is 0 Å². The van der Waals surface area contributed by atoms with Gasteiger partial charge in [-0.05, 0) is 26.2 Å². The van der Waals surface area contributed by atoms with Crippen LogP contribution >= 0.6 is 0 Å². The lowest BCUT2D eigenvalue weighted by atomic mass is 10.0. The molecule has 0 aromatic heterocycles. The highest BCUT2D eigenvalue weighted by Gasteiger charge is 2.02. The summed E-state index contributed by atoms with van der Waals surface area (Å²) in [6.45, 7) is 8.02. The highest BCUT2D eigenvalue weighted by atomic mass is 14.8. The molecular weight excluding hydrogens is 148 g/mol. The smallest absolute Gasteiger partial charge is 0.136 e. The molecule has 0 aliphatic rings. The minimum absolute atomic E-state index is 0.466. The van der Waals surface area contributed by atoms with Crippen LogP contribution in [0, 0.1) is 17.2 Å². The van der Waals surface area contributed by atoms with Gasteiger partial charge >= 0.3 is 0 Å². The van der Waals surface area contributed by atoms with E-state index in [1.165, 1.54) is 0 Å². The molecule has 0 aliphatic heterocycles. The fourth-order valence-corrected chi connectivity index (χ4v) is 0.750. The molecule has 1 unspecified atom stereocenters.